The molecular formula is C14H11NO3. The standard InChI is InChI=1S/C14H11NO3/c16-13(11-5-2-1-3-6-11)10-15-8-4-7-12(9-15)14(17)18/h1-9H,10H2. The number of carbonyl (C=O) groups is 2. The molecule has 90 valence electrons. The second kappa shape index (κ2) is 5.23. The first-order valence-electron chi connectivity index (χ1n) is 5.45. The molecule has 0 N–H and O–H groups in total. The smallest absolute Gasteiger partial charge is 0.227 e. The van der Waals surface area contributed by atoms with Crippen molar-refractivity contribution in [3.63, 3.8) is 0 Å². The minimum absolute atomic E-state index is 0.0540. The lowest BCUT2D eigenvalue weighted by molar-refractivity contribution is -0.683. The third-order valence-corrected chi connectivity index (χ3v) is 2.52. The summed E-state index contributed by atoms with van der Waals surface area (Å²) in [4.78, 5) is 22.6. The number of nitrogens with zero attached hydrogens (tertiary/aromatic N) is 1. The van der Waals surface area contributed by atoms with Crippen LogP contribution in [0.1, 0.15) is 20.7 Å². The van der Waals surface area contributed by atoms with Gasteiger partial charge in [-0.3, -0.25) is 4.79 Å². The van der Waals surface area contributed by atoms with Gasteiger partial charge in [0.2, 0.25) is 12.3 Å². The molecule has 2 aromatic rings. The van der Waals surface area contributed by atoms with Gasteiger partial charge >= 0.3 is 0 Å². The van der Waals surface area contributed by atoms with Crippen LogP contribution in [-0.4, -0.2) is 11.8 Å². The van der Waals surface area contributed by atoms with Crippen LogP contribution in [0.2, 0.25) is 0 Å². The molecule has 0 aliphatic carbocycles. The van der Waals surface area contributed by atoms with Crippen LogP contribution in [-0.2, 0) is 6.54 Å². The highest BCUT2D eigenvalue weighted by Crippen LogP contribution is 2.00. The monoisotopic (exact) mass is 241 g/mol. The van der Waals surface area contributed by atoms with Gasteiger partial charge in [0, 0.05) is 11.6 Å². The fourth-order valence-corrected chi connectivity index (χ4v) is 1.62. The maximum absolute atomic E-state index is 11.9. The molecule has 1 heterocycles. The molecule has 0 unspecified atom stereocenters. The van der Waals surface area contributed by atoms with Crippen molar-refractivity contribution in [2.75, 3.05) is 0 Å². The normalized spacial score (nSPS) is 10.0. The average molecular weight is 241 g/mol. The van der Waals surface area contributed by atoms with Crippen molar-refractivity contribution in [1.82, 2.24) is 0 Å². The Bertz CT molecular complexity index is 579. The van der Waals surface area contributed by atoms with E-state index in [4.69, 9.17) is 0 Å². The van der Waals surface area contributed by atoms with Crippen molar-refractivity contribution in [2.45, 2.75) is 6.54 Å². The van der Waals surface area contributed by atoms with Crippen LogP contribution in [0, 0.1) is 0 Å². The molecule has 0 radical (unpaired) electrons. The summed E-state index contributed by atoms with van der Waals surface area (Å²) in [6, 6.07) is 11.9. The Morgan fingerprint density at radius 1 is 1.00 bits per heavy atom. The summed E-state index contributed by atoms with van der Waals surface area (Å²) in [6.45, 7) is 0.102. The Morgan fingerprint density at radius 2 is 1.67 bits per heavy atom. The molecule has 18 heavy (non-hydrogen) atoms. The van der Waals surface area contributed by atoms with Crippen LogP contribution < -0.4 is 9.67 Å². The van der Waals surface area contributed by atoms with Gasteiger partial charge in [0.1, 0.15) is 0 Å². The Morgan fingerprint density at radius 3 is 2.33 bits per heavy atom. The third-order valence-electron chi connectivity index (χ3n) is 2.52. The number of ketones is 1. The van der Waals surface area contributed by atoms with Gasteiger partial charge in [-0.05, 0) is 6.07 Å². The van der Waals surface area contributed by atoms with Crippen LogP contribution in [0.3, 0.4) is 0 Å². The number of aromatic carboxylic acids is 1. The third kappa shape index (κ3) is 2.79. The predicted molar refractivity (Wildman–Crippen MR) is 61.7 cm³/mol. The van der Waals surface area contributed by atoms with Crippen molar-refractivity contribution < 1.29 is 19.3 Å². The molecule has 4 nitrogen and oxygen atoms in total. The zero-order valence-corrected chi connectivity index (χ0v) is 9.58. The summed E-state index contributed by atoms with van der Waals surface area (Å²) in [7, 11) is 0. The number of carboxylic acids is 1. The lowest BCUT2D eigenvalue weighted by Gasteiger charge is -2.01. The quantitative estimate of drug-likeness (QED) is 0.568. The first-order chi connectivity index (χ1) is 8.66. The number of hydrogen-bond acceptors (Lipinski definition) is 3. The van der Waals surface area contributed by atoms with E-state index < -0.39 is 5.97 Å². The van der Waals surface area contributed by atoms with Gasteiger partial charge in [0.05, 0.1) is 11.5 Å². The van der Waals surface area contributed by atoms with E-state index in [0.29, 0.717) is 5.56 Å². The fourth-order valence-electron chi connectivity index (χ4n) is 1.62. The first kappa shape index (κ1) is 12.0. The van der Waals surface area contributed by atoms with E-state index in [1.807, 2.05) is 6.07 Å². The zero-order valence-electron chi connectivity index (χ0n) is 9.58. The van der Waals surface area contributed by atoms with E-state index in [2.05, 4.69) is 0 Å². The van der Waals surface area contributed by atoms with Crippen molar-refractivity contribution in [1.29, 1.82) is 0 Å². The first-order valence-corrected chi connectivity index (χ1v) is 5.45. The number of hydrogen-bond donors (Lipinski definition) is 0. The topological polar surface area (TPSA) is 61.1 Å². The maximum atomic E-state index is 11.9. The zero-order chi connectivity index (χ0) is 13.0. The molecule has 0 fully saturated rings. The van der Waals surface area contributed by atoms with Crippen molar-refractivity contribution >= 4 is 11.8 Å². The summed E-state index contributed by atoms with van der Waals surface area (Å²) in [5.41, 5.74) is 0.655. The average Bonchev–Trinajstić information content (AvgIpc) is 2.40. The van der Waals surface area contributed by atoms with Crippen LogP contribution >= 0.6 is 0 Å². The Labute approximate surface area is 104 Å². The predicted octanol–water partition coefficient (Wildman–Crippen LogP) is 0.220. The molecule has 0 saturated carbocycles. The Balaban J connectivity index is 2.17. The molecule has 0 spiro atoms. The molecular weight excluding hydrogens is 230 g/mol. The van der Waals surface area contributed by atoms with Gasteiger partial charge in [-0.15, -0.1) is 0 Å². The minimum atomic E-state index is -1.25. The molecule has 0 aliphatic rings. The number of rotatable bonds is 4. The highest BCUT2D eigenvalue weighted by molar-refractivity contribution is 5.95. The van der Waals surface area contributed by atoms with Crippen molar-refractivity contribution in [3.8, 4) is 0 Å². The van der Waals surface area contributed by atoms with E-state index in [1.54, 1.807) is 36.5 Å². The second-order valence-electron chi connectivity index (χ2n) is 3.84. The summed E-state index contributed by atoms with van der Waals surface area (Å²) in [6.07, 6.45) is 3.03. The SMILES string of the molecule is O=C([O-])c1ccc[n+](CC(=O)c2ccccc2)c1. The summed E-state index contributed by atoms with van der Waals surface area (Å²) < 4.78 is 1.53. The summed E-state index contributed by atoms with van der Waals surface area (Å²) >= 11 is 0. The fraction of sp³-hybridized carbons (Fsp3) is 0.0714. The number of aromatic nitrogens is 1. The second-order valence-corrected chi connectivity index (χ2v) is 3.84. The number of benzene rings is 1. The van der Waals surface area contributed by atoms with E-state index in [1.165, 1.54) is 16.8 Å². The van der Waals surface area contributed by atoms with E-state index in [0.717, 1.165) is 0 Å². The van der Waals surface area contributed by atoms with Gasteiger partial charge in [0.15, 0.2) is 12.4 Å². The van der Waals surface area contributed by atoms with Crippen LogP contribution in [0.4, 0.5) is 0 Å². The van der Waals surface area contributed by atoms with Gasteiger partial charge in [0.25, 0.3) is 0 Å². The number of carbonyl (C=O) groups excluding carboxylic acids is 2. The minimum Gasteiger partial charge on any atom is -0.545 e. The lowest BCUT2D eigenvalue weighted by Crippen LogP contribution is -2.39. The largest absolute Gasteiger partial charge is 0.545 e. The molecule has 0 amide bonds. The maximum Gasteiger partial charge on any atom is 0.227 e. The van der Waals surface area contributed by atoms with Gasteiger partial charge in [-0.25, -0.2) is 0 Å². The van der Waals surface area contributed by atoms with Crippen molar-refractivity contribution in [2.24, 2.45) is 0 Å². The highest BCUT2D eigenvalue weighted by atomic mass is 16.4. The lowest BCUT2D eigenvalue weighted by atomic mass is 10.1. The molecule has 1 aromatic carbocycles. The summed E-state index contributed by atoms with van der Waals surface area (Å²) in [5.74, 6) is -1.33. The molecule has 0 aliphatic heterocycles. The molecule has 2 rings (SSSR count). The Hall–Kier alpha value is -2.49. The van der Waals surface area contributed by atoms with Gasteiger partial charge in [-0.2, -0.15) is 4.57 Å². The van der Waals surface area contributed by atoms with E-state index in [9.17, 15) is 14.7 Å². The molecule has 0 saturated heterocycles. The molecule has 0 atom stereocenters. The molecule has 0 bridgehead atoms. The number of Topliss-reactive ketones (excluding diaryl/α,β-unsaturated/α-hetero) is 1. The Kier molecular flexibility index (Phi) is 3.48. The van der Waals surface area contributed by atoms with E-state index >= 15 is 0 Å². The van der Waals surface area contributed by atoms with Gasteiger partial charge < -0.3 is 9.90 Å². The van der Waals surface area contributed by atoms with Crippen LogP contribution in [0.15, 0.2) is 54.9 Å². The summed E-state index contributed by atoms with van der Waals surface area (Å²) in [5, 5.41) is 10.7. The van der Waals surface area contributed by atoms with Crippen LogP contribution in [0.5, 0.6) is 0 Å². The van der Waals surface area contributed by atoms with Crippen LogP contribution in [0.25, 0.3) is 0 Å². The van der Waals surface area contributed by atoms with E-state index in [-0.39, 0.29) is 17.9 Å². The van der Waals surface area contributed by atoms with Gasteiger partial charge in [-0.1, -0.05) is 30.3 Å². The highest BCUT2D eigenvalue weighted by Gasteiger charge is 2.12. The molecule has 1 aromatic heterocycles. The van der Waals surface area contributed by atoms with Crippen molar-refractivity contribution in [3.05, 3.63) is 66.0 Å². The number of carboxylic acid groups (broad SMARTS) is 1. The number of pyridine rings is 1. The molecule has 4 heteroatoms.